The van der Waals surface area contributed by atoms with E-state index in [1.165, 1.54) is 12.2 Å². The Bertz CT molecular complexity index is 724. The molecular weight excluding hydrogens is 328 g/mol. The van der Waals surface area contributed by atoms with Gasteiger partial charge < -0.3 is 10.5 Å². The molecule has 5 nitrogen and oxygen atoms in total. The number of ether oxygens (including phenoxy) is 1. The average Bonchev–Trinajstić information content (AvgIpc) is 2.78. The van der Waals surface area contributed by atoms with Crippen molar-refractivity contribution in [3.63, 3.8) is 0 Å². The van der Waals surface area contributed by atoms with Crippen LogP contribution < -0.4 is 10.5 Å². The number of benzene rings is 1. The lowest BCUT2D eigenvalue weighted by Gasteiger charge is -2.22. The second kappa shape index (κ2) is 7.70. The number of amides is 2. The molecule has 1 aromatic carbocycles. The Hall–Kier alpha value is -2.66. The van der Waals surface area contributed by atoms with Crippen LogP contribution in [0.25, 0.3) is 0 Å². The molecule has 0 aromatic heterocycles. The van der Waals surface area contributed by atoms with Crippen LogP contribution in [0.3, 0.4) is 0 Å². The maximum atomic E-state index is 12.3. The summed E-state index contributed by atoms with van der Waals surface area (Å²) in [6, 6.07) is 7.31. The summed E-state index contributed by atoms with van der Waals surface area (Å²) >= 11 is 0. The summed E-state index contributed by atoms with van der Waals surface area (Å²) < 4.78 is 5.79. The standard InChI is InChI=1S/C21H26N2O3/c1-6-17-18(7-2)20(25)23(19(17)24)13-15(22)12-14-8-10-16(11-9-14)26-21(3,4)5/h6-11,15H,1-2,12-13,22H2,3-5H3. The summed E-state index contributed by atoms with van der Waals surface area (Å²) in [5.41, 5.74) is 7.49. The molecule has 0 saturated heterocycles. The first-order chi connectivity index (χ1) is 12.2. The number of rotatable bonds is 7. The normalized spacial score (nSPS) is 16.1. The summed E-state index contributed by atoms with van der Waals surface area (Å²) in [6.45, 7) is 13.3. The number of nitrogens with two attached hydrogens (primary N) is 1. The molecule has 1 heterocycles. The quantitative estimate of drug-likeness (QED) is 0.764. The molecule has 0 spiro atoms. The minimum absolute atomic E-state index is 0.145. The highest BCUT2D eigenvalue weighted by Gasteiger charge is 2.35. The van der Waals surface area contributed by atoms with E-state index in [0.29, 0.717) is 6.42 Å². The van der Waals surface area contributed by atoms with E-state index in [1.54, 1.807) is 0 Å². The van der Waals surface area contributed by atoms with Crippen molar-refractivity contribution >= 4 is 11.8 Å². The second-order valence-electron chi connectivity index (χ2n) is 7.28. The van der Waals surface area contributed by atoms with E-state index >= 15 is 0 Å². The van der Waals surface area contributed by atoms with Gasteiger partial charge in [0, 0.05) is 12.6 Å². The van der Waals surface area contributed by atoms with Crippen LogP contribution in [0.15, 0.2) is 60.7 Å². The first kappa shape index (κ1) is 19.7. The zero-order chi connectivity index (χ0) is 19.5. The molecule has 5 heteroatoms. The van der Waals surface area contributed by atoms with Gasteiger partial charge in [-0.15, -0.1) is 0 Å². The summed E-state index contributed by atoms with van der Waals surface area (Å²) in [5, 5.41) is 0. The molecule has 1 aliphatic heterocycles. The molecule has 0 aliphatic carbocycles. The third-order valence-electron chi connectivity index (χ3n) is 3.91. The first-order valence-corrected chi connectivity index (χ1v) is 8.55. The van der Waals surface area contributed by atoms with Crippen LogP contribution in [-0.4, -0.2) is 34.9 Å². The maximum Gasteiger partial charge on any atom is 0.261 e. The molecule has 0 fully saturated rings. The van der Waals surface area contributed by atoms with E-state index in [4.69, 9.17) is 10.5 Å². The molecule has 1 unspecified atom stereocenters. The number of nitrogens with zero attached hydrogens (tertiary/aromatic N) is 1. The molecule has 2 N–H and O–H groups in total. The Morgan fingerprint density at radius 2 is 1.58 bits per heavy atom. The van der Waals surface area contributed by atoms with Crippen LogP contribution in [0, 0.1) is 0 Å². The van der Waals surface area contributed by atoms with Gasteiger partial charge in [0.25, 0.3) is 11.8 Å². The molecular formula is C21H26N2O3. The van der Waals surface area contributed by atoms with E-state index in [9.17, 15) is 9.59 Å². The van der Waals surface area contributed by atoms with Crippen LogP contribution in [0.1, 0.15) is 26.3 Å². The number of hydrogen-bond acceptors (Lipinski definition) is 4. The van der Waals surface area contributed by atoms with Crippen molar-refractivity contribution in [2.45, 2.75) is 38.8 Å². The number of hydrogen-bond donors (Lipinski definition) is 1. The third-order valence-corrected chi connectivity index (χ3v) is 3.91. The van der Waals surface area contributed by atoms with Crippen molar-refractivity contribution in [2.75, 3.05) is 6.54 Å². The van der Waals surface area contributed by atoms with Gasteiger partial charge >= 0.3 is 0 Å². The molecule has 0 bridgehead atoms. The highest BCUT2D eigenvalue weighted by molar-refractivity contribution is 6.21. The van der Waals surface area contributed by atoms with Gasteiger partial charge in [-0.1, -0.05) is 37.4 Å². The average molecular weight is 354 g/mol. The van der Waals surface area contributed by atoms with Crippen LogP contribution in [0.4, 0.5) is 0 Å². The van der Waals surface area contributed by atoms with E-state index in [1.807, 2.05) is 45.0 Å². The van der Waals surface area contributed by atoms with E-state index in [2.05, 4.69) is 13.2 Å². The third kappa shape index (κ3) is 4.49. The summed E-state index contributed by atoms with van der Waals surface area (Å²) in [7, 11) is 0. The molecule has 26 heavy (non-hydrogen) atoms. The van der Waals surface area contributed by atoms with Gasteiger partial charge in [0.1, 0.15) is 11.4 Å². The molecule has 2 amide bonds. The van der Waals surface area contributed by atoms with Crippen LogP contribution in [0.5, 0.6) is 5.75 Å². The maximum absolute atomic E-state index is 12.3. The molecule has 1 aromatic rings. The summed E-state index contributed by atoms with van der Waals surface area (Å²) in [6.07, 6.45) is 3.31. The molecule has 1 aliphatic rings. The minimum atomic E-state index is -0.371. The van der Waals surface area contributed by atoms with Gasteiger partial charge in [-0.05, 0) is 44.9 Å². The Balaban J connectivity index is 2.00. The van der Waals surface area contributed by atoms with Gasteiger partial charge in [0.15, 0.2) is 0 Å². The van der Waals surface area contributed by atoms with Gasteiger partial charge in [-0.25, -0.2) is 0 Å². The molecule has 1 atom stereocenters. The van der Waals surface area contributed by atoms with Crippen molar-refractivity contribution < 1.29 is 14.3 Å². The Labute approximate surface area is 154 Å². The van der Waals surface area contributed by atoms with E-state index in [-0.39, 0.29) is 41.1 Å². The van der Waals surface area contributed by atoms with Crippen LogP contribution >= 0.6 is 0 Å². The van der Waals surface area contributed by atoms with Gasteiger partial charge in [-0.3, -0.25) is 14.5 Å². The van der Waals surface area contributed by atoms with Crippen molar-refractivity contribution in [2.24, 2.45) is 5.73 Å². The van der Waals surface area contributed by atoms with Crippen molar-refractivity contribution in [3.05, 3.63) is 66.3 Å². The Morgan fingerprint density at radius 1 is 1.08 bits per heavy atom. The molecule has 138 valence electrons. The monoisotopic (exact) mass is 354 g/mol. The smallest absolute Gasteiger partial charge is 0.261 e. The lowest BCUT2D eigenvalue weighted by molar-refractivity contribution is -0.137. The van der Waals surface area contributed by atoms with Gasteiger partial charge in [0.2, 0.25) is 0 Å². The Kier molecular flexibility index (Phi) is 5.83. The highest BCUT2D eigenvalue weighted by Crippen LogP contribution is 2.23. The van der Waals surface area contributed by atoms with Crippen LogP contribution in [-0.2, 0) is 16.0 Å². The fraction of sp³-hybridized carbons (Fsp3) is 0.333. The Morgan fingerprint density at radius 3 is 2.00 bits per heavy atom. The minimum Gasteiger partial charge on any atom is -0.488 e. The van der Waals surface area contributed by atoms with Gasteiger partial charge in [-0.2, -0.15) is 0 Å². The molecule has 0 saturated carbocycles. The zero-order valence-corrected chi connectivity index (χ0v) is 15.6. The van der Waals surface area contributed by atoms with Crippen molar-refractivity contribution in [1.82, 2.24) is 4.90 Å². The molecule has 0 radical (unpaired) electrons. The fourth-order valence-electron chi connectivity index (χ4n) is 2.82. The van der Waals surface area contributed by atoms with E-state index < -0.39 is 0 Å². The highest BCUT2D eigenvalue weighted by atomic mass is 16.5. The predicted octanol–water partition coefficient (Wildman–Crippen LogP) is 2.77. The van der Waals surface area contributed by atoms with Crippen LogP contribution in [0.2, 0.25) is 0 Å². The predicted molar refractivity (Wildman–Crippen MR) is 103 cm³/mol. The molecule has 2 rings (SSSR count). The number of carbonyl (C=O) groups is 2. The van der Waals surface area contributed by atoms with Crippen molar-refractivity contribution in [3.8, 4) is 5.75 Å². The lowest BCUT2D eigenvalue weighted by atomic mass is 10.1. The first-order valence-electron chi connectivity index (χ1n) is 8.55. The van der Waals surface area contributed by atoms with E-state index in [0.717, 1.165) is 16.2 Å². The summed E-state index contributed by atoms with van der Waals surface area (Å²) in [4.78, 5) is 25.8. The number of imide groups is 1. The zero-order valence-electron chi connectivity index (χ0n) is 15.6. The second-order valence-corrected chi connectivity index (χ2v) is 7.28. The fourth-order valence-corrected chi connectivity index (χ4v) is 2.82. The largest absolute Gasteiger partial charge is 0.488 e. The SMILES string of the molecule is C=CC1=C(C=C)C(=O)N(CC(N)Cc2ccc(OC(C)(C)C)cc2)C1=O. The summed E-state index contributed by atoms with van der Waals surface area (Å²) in [5.74, 6) is 0.0451. The number of carbonyl (C=O) groups excluding carboxylic acids is 2. The van der Waals surface area contributed by atoms with Crippen molar-refractivity contribution in [1.29, 1.82) is 0 Å². The topological polar surface area (TPSA) is 72.6 Å². The van der Waals surface area contributed by atoms with Gasteiger partial charge in [0.05, 0.1) is 11.1 Å². The lowest BCUT2D eigenvalue weighted by Crippen LogP contribution is -2.42.